The molecular formula is C12H11FN2O2S. The number of ether oxygens (including phenoxy) is 1. The molecule has 0 bridgehead atoms. The molecule has 2 heterocycles. The highest BCUT2D eigenvalue weighted by atomic mass is 32.1. The fraction of sp³-hybridized carbons (Fsp3) is 0.333. The average molecular weight is 266 g/mol. The number of carbonyl (C=O) groups is 1. The third kappa shape index (κ3) is 2.03. The molecule has 1 aromatic heterocycles. The molecular weight excluding hydrogens is 255 g/mol. The fourth-order valence-electron chi connectivity index (χ4n) is 1.93. The number of carbonyl (C=O) groups excluding carboxylic acids is 1. The van der Waals surface area contributed by atoms with Gasteiger partial charge in [0.15, 0.2) is 5.13 Å². The van der Waals surface area contributed by atoms with Crippen LogP contribution in [0, 0.1) is 5.82 Å². The average Bonchev–Trinajstić information content (AvgIpc) is 2.64. The Hall–Kier alpha value is -1.69. The molecule has 0 saturated carbocycles. The zero-order valence-corrected chi connectivity index (χ0v) is 10.5. The molecule has 4 nitrogen and oxygen atoms in total. The van der Waals surface area contributed by atoms with E-state index < -0.39 is 0 Å². The molecule has 1 fully saturated rings. The largest absolute Gasteiger partial charge is 0.459 e. The number of nitrogens with zero attached hydrogens (tertiary/aromatic N) is 2. The van der Waals surface area contributed by atoms with Gasteiger partial charge in [0.1, 0.15) is 11.9 Å². The number of hydrogen-bond acceptors (Lipinski definition) is 5. The number of halogens is 1. The molecule has 1 aliphatic rings. The summed E-state index contributed by atoms with van der Waals surface area (Å²) < 4.78 is 19.0. The summed E-state index contributed by atoms with van der Waals surface area (Å²) in [6, 6.07) is 4.57. The van der Waals surface area contributed by atoms with Crippen molar-refractivity contribution in [1.82, 2.24) is 4.98 Å². The van der Waals surface area contributed by atoms with Gasteiger partial charge in [0, 0.05) is 6.92 Å². The monoisotopic (exact) mass is 266 g/mol. The van der Waals surface area contributed by atoms with Crippen LogP contribution in [0.15, 0.2) is 18.2 Å². The van der Waals surface area contributed by atoms with Gasteiger partial charge in [-0.05, 0) is 18.2 Å². The van der Waals surface area contributed by atoms with E-state index >= 15 is 0 Å². The van der Waals surface area contributed by atoms with E-state index in [9.17, 15) is 9.18 Å². The lowest BCUT2D eigenvalue weighted by Crippen LogP contribution is -2.52. The Balaban J connectivity index is 1.75. The molecule has 1 aliphatic heterocycles. The van der Waals surface area contributed by atoms with Crippen molar-refractivity contribution in [2.24, 2.45) is 0 Å². The summed E-state index contributed by atoms with van der Waals surface area (Å²) in [6.07, 6.45) is -0.0498. The molecule has 0 spiro atoms. The predicted octanol–water partition coefficient (Wildman–Crippen LogP) is 2.19. The summed E-state index contributed by atoms with van der Waals surface area (Å²) in [5, 5.41) is 0.846. The minimum absolute atomic E-state index is 0.0498. The SMILES string of the molecule is CC(=O)OC1CN(c2nc3ccc(F)cc3s2)C1. The molecule has 2 aromatic rings. The lowest BCUT2D eigenvalue weighted by Gasteiger charge is -2.37. The highest BCUT2D eigenvalue weighted by Crippen LogP contribution is 2.32. The van der Waals surface area contributed by atoms with Crippen molar-refractivity contribution in [2.45, 2.75) is 13.0 Å². The van der Waals surface area contributed by atoms with E-state index in [1.807, 2.05) is 4.90 Å². The highest BCUT2D eigenvalue weighted by molar-refractivity contribution is 7.22. The van der Waals surface area contributed by atoms with Gasteiger partial charge in [0.25, 0.3) is 0 Å². The first-order valence-electron chi connectivity index (χ1n) is 5.60. The van der Waals surface area contributed by atoms with Gasteiger partial charge in [-0.3, -0.25) is 4.79 Å². The topological polar surface area (TPSA) is 42.4 Å². The van der Waals surface area contributed by atoms with Crippen LogP contribution in [0.4, 0.5) is 9.52 Å². The molecule has 3 rings (SSSR count). The van der Waals surface area contributed by atoms with Gasteiger partial charge in [0.05, 0.1) is 23.3 Å². The number of fused-ring (bicyclic) bond motifs is 1. The Bertz CT molecular complexity index is 607. The predicted molar refractivity (Wildman–Crippen MR) is 67.3 cm³/mol. The van der Waals surface area contributed by atoms with E-state index in [0.29, 0.717) is 13.1 Å². The molecule has 0 aliphatic carbocycles. The van der Waals surface area contributed by atoms with Crippen LogP contribution in [-0.2, 0) is 9.53 Å². The van der Waals surface area contributed by atoms with Crippen molar-refractivity contribution in [3.8, 4) is 0 Å². The second-order valence-electron chi connectivity index (χ2n) is 4.24. The van der Waals surface area contributed by atoms with Crippen molar-refractivity contribution in [3.63, 3.8) is 0 Å². The van der Waals surface area contributed by atoms with Crippen LogP contribution in [0.3, 0.4) is 0 Å². The molecule has 0 radical (unpaired) electrons. The van der Waals surface area contributed by atoms with E-state index in [4.69, 9.17) is 4.74 Å². The highest BCUT2D eigenvalue weighted by Gasteiger charge is 2.31. The summed E-state index contributed by atoms with van der Waals surface area (Å²) >= 11 is 1.45. The first-order chi connectivity index (χ1) is 8.61. The van der Waals surface area contributed by atoms with Crippen LogP contribution in [0.1, 0.15) is 6.92 Å². The van der Waals surface area contributed by atoms with E-state index in [2.05, 4.69) is 4.98 Å². The van der Waals surface area contributed by atoms with Crippen LogP contribution < -0.4 is 4.90 Å². The molecule has 0 unspecified atom stereocenters. The number of rotatable bonds is 2. The Kier molecular flexibility index (Phi) is 2.66. The van der Waals surface area contributed by atoms with Crippen molar-refractivity contribution in [1.29, 1.82) is 0 Å². The van der Waals surface area contributed by atoms with Gasteiger partial charge in [0.2, 0.25) is 0 Å². The molecule has 6 heteroatoms. The quantitative estimate of drug-likeness (QED) is 0.781. The van der Waals surface area contributed by atoms with E-state index in [1.165, 1.54) is 30.4 Å². The van der Waals surface area contributed by atoms with Gasteiger partial charge in [-0.15, -0.1) is 0 Å². The summed E-state index contributed by atoms with van der Waals surface area (Å²) in [4.78, 5) is 17.2. The van der Waals surface area contributed by atoms with Crippen molar-refractivity contribution in [3.05, 3.63) is 24.0 Å². The van der Waals surface area contributed by atoms with Crippen molar-refractivity contribution < 1.29 is 13.9 Å². The number of anilines is 1. The number of aromatic nitrogens is 1. The molecule has 0 amide bonds. The molecule has 18 heavy (non-hydrogen) atoms. The van der Waals surface area contributed by atoms with Crippen LogP contribution in [0.2, 0.25) is 0 Å². The Morgan fingerprint density at radius 1 is 1.56 bits per heavy atom. The van der Waals surface area contributed by atoms with E-state index in [0.717, 1.165) is 15.3 Å². The lowest BCUT2D eigenvalue weighted by atomic mass is 10.2. The zero-order valence-electron chi connectivity index (χ0n) is 9.72. The van der Waals surface area contributed by atoms with Gasteiger partial charge >= 0.3 is 5.97 Å². The minimum Gasteiger partial charge on any atom is -0.459 e. The zero-order chi connectivity index (χ0) is 12.7. The maximum atomic E-state index is 13.1. The summed E-state index contributed by atoms with van der Waals surface area (Å²) in [7, 11) is 0. The number of hydrogen-bond donors (Lipinski definition) is 0. The summed E-state index contributed by atoms with van der Waals surface area (Å²) in [6.45, 7) is 2.72. The third-order valence-electron chi connectivity index (χ3n) is 2.79. The summed E-state index contributed by atoms with van der Waals surface area (Å²) in [5.41, 5.74) is 0.798. The Morgan fingerprint density at radius 2 is 2.33 bits per heavy atom. The third-order valence-corrected chi connectivity index (χ3v) is 3.87. The molecule has 1 saturated heterocycles. The van der Waals surface area contributed by atoms with Crippen LogP contribution >= 0.6 is 11.3 Å². The van der Waals surface area contributed by atoms with Gasteiger partial charge in [-0.1, -0.05) is 11.3 Å². The summed E-state index contributed by atoms with van der Waals surface area (Å²) in [5.74, 6) is -0.509. The van der Waals surface area contributed by atoms with Crippen molar-refractivity contribution in [2.75, 3.05) is 18.0 Å². The second-order valence-corrected chi connectivity index (χ2v) is 5.25. The number of thiazole rings is 1. The standard InChI is InChI=1S/C12H11FN2O2S/c1-7(16)17-9-5-15(6-9)12-14-10-3-2-8(13)4-11(10)18-12/h2-4,9H,5-6H2,1H3. The fourth-order valence-corrected chi connectivity index (χ4v) is 2.93. The number of esters is 1. The molecule has 0 N–H and O–H groups in total. The molecule has 1 aromatic carbocycles. The minimum atomic E-state index is -0.258. The first-order valence-corrected chi connectivity index (χ1v) is 6.42. The first kappa shape index (κ1) is 11.4. The second kappa shape index (κ2) is 4.20. The van der Waals surface area contributed by atoms with Crippen LogP contribution in [-0.4, -0.2) is 30.1 Å². The normalized spacial score (nSPS) is 15.8. The van der Waals surface area contributed by atoms with Crippen molar-refractivity contribution >= 4 is 32.7 Å². The van der Waals surface area contributed by atoms with Crippen LogP contribution in [0.25, 0.3) is 10.2 Å². The smallest absolute Gasteiger partial charge is 0.303 e. The Morgan fingerprint density at radius 3 is 3.06 bits per heavy atom. The number of benzene rings is 1. The lowest BCUT2D eigenvalue weighted by molar-refractivity contribution is -0.147. The molecule has 0 atom stereocenters. The maximum absolute atomic E-state index is 13.1. The van der Waals surface area contributed by atoms with Crippen LogP contribution in [0.5, 0.6) is 0 Å². The van der Waals surface area contributed by atoms with Gasteiger partial charge in [-0.25, -0.2) is 9.37 Å². The van der Waals surface area contributed by atoms with E-state index in [-0.39, 0.29) is 17.9 Å². The van der Waals surface area contributed by atoms with Gasteiger partial charge in [-0.2, -0.15) is 0 Å². The van der Waals surface area contributed by atoms with E-state index in [1.54, 1.807) is 6.07 Å². The molecule has 94 valence electrons. The Labute approximate surface area is 107 Å². The van der Waals surface area contributed by atoms with Gasteiger partial charge < -0.3 is 9.64 Å². The maximum Gasteiger partial charge on any atom is 0.303 e.